The van der Waals surface area contributed by atoms with Crippen molar-refractivity contribution in [3.05, 3.63) is 28.8 Å². The molecule has 0 amide bonds. The molecule has 2 aromatic rings. The Labute approximate surface area is 101 Å². The molecular formula is C10H11N4O2S-. The Morgan fingerprint density at radius 2 is 1.82 bits per heavy atom. The van der Waals surface area contributed by atoms with Crippen LogP contribution in [0, 0.1) is 20.8 Å². The number of hydrogen-bond acceptors (Lipinski definition) is 5. The number of benzene rings is 1. The molecule has 90 valence electrons. The van der Waals surface area contributed by atoms with Crippen molar-refractivity contribution in [3.8, 4) is 5.69 Å². The second-order valence-electron chi connectivity index (χ2n) is 3.86. The average Bonchev–Trinajstić information content (AvgIpc) is 2.64. The number of aryl methyl sites for hydroxylation is 3. The number of nitrogens with zero attached hydrogens (tertiary/aromatic N) is 4. The van der Waals surface area contributed by atoms with Crippen molar-refractivity contribution >= 4 is 11.1 Å². The Hall–Kier alpha value is -1.60. The summed E-state index contributed by atoms with van der Waals surface area (Å²) in [5.41, 5.74) is 3.68. The Morgan fingerprint density at radius 3 is 2.35 bits per heavy atom. The van der Waals surface area contributed by atoms with E-state index in [1.165, 1.54) is 4.68 Å². The molecule has 6 nitrogen and oxygen atoms in total. The fourth-order valence-electron chi connectivity index (χ4n) is 1.93. The quantitative estimate of drug-likeness (QED) is 0.738. The molecule has 2 rings (SSSR count). The highest BCUT2D eigenvalue weighted by molar-refractivity contribution is 7.79. The molecule has 0 aliphatic heterocycles. The molecule has 1 aromatic carbocycles. The first-order chi connectivity index (χ1) is 8.00. The zero-order chi connectivity index (χ0) is 12.6. The van der Waals surface area contributed by atoms with E-state index in [0.29, 0.717) is 5.69 Å². The van der Waals surface area contributed by atoms with Crippen molar-refractivity contribution in [2.24, 2.45) is 0 Å². The second kappa shape index (κ2) is 4.34. The van der Waals surface area contributed by atoms with Gasteiger partial charge in [0.2, 0.25) is 5.16 Å². The average molecular weight is 251 g/mol. The summed E-state index contributed by atoms with van der Waals surface area (Å²) in [5.74, 6) is 0. The molecule has 1 atom stereocenters. The van der Waals surface area contributed by atoms with Gasteiger partial charge in [-0.05, 0) is 42.3 Å². The van der Waals surface area contributed by atoms with Crippen molar-refractivity contribution in [2.45, 2.75) is 25.9 Å². The molecule has 0 N–H and O–H groups in total. The van der Waals surface area contributed by atoms with Crippen LogP contribution in [0.15, 0.2) is 17.3 Å². The third-order valence-corrected chi connectivity index (χ3v) is 2.99. The van der Waals surface area contributed by atoms with E-state index in [1.807, 2.05) is 32.9 Å². The summed E-state index contributed by atoms with van der Waals surface area (Å²) >= 11 is -2.45. The Morgan fingerprint density at radius 1 is 1.24 bits per heavy atom. The maximum Gasteiger partial charge on any atom is 0.231 e. The largest absolute Gasteiger partial charge is 0.766 e. The third kappa shape index (κ3) is 2.11. The first kappa shape index (κ1) is 11.9. The molecule has 17 heavy (non-hydrogen) atoms. The van der Waals surface area contributed by atoms with Crippen LogP contribution in [0.25, 0.3) is 5.69 Å². The first-order valence-electron chi connectivity index (χ1n) is 4.96. The fourth-order valence-corrected chi connectivity index (χ4v) is 2.30. The highest BCUT2D eigenvalue weighted by Crippen LogP contribution is 2.21. The molecule has 0 spiro atoms. The molecule has 1 heterocycles. The Balaban J connectivity index is 2.69. The van der Waals surface area contributed by atoms with Gasteiger partial charge in [-0.2, -0.15) is 4.68 Å². The minimum atomic E-state index is -2.45. The van der Waals surface area contributed by atoms with Crippen LogP contribution >= 0.6 is 0 Å². The van der Waals surface area contributed by atoms with E-state index < -0.39 is 11.1 Å². The van der Waals surface area contributed by atoms with Crippen LogP contribution in [0.3, 0.4) is 0 Å². The lowest BCUT2D eigenvalue weighted by molar-refractivity contribution is 0.523. The smallest absolute Gasteiger partial charge is 0.231 e. The Bertz CT molecular complexity index is 571. The number of hydrogen-bond donors (Lipinski definition) is 0. The summed E-state index contributed by atoms with van der Waals surface area (Å²) in [4.78, 5) is 0. The number of rotatable bonds is 2. The molecule has 0 aliphatic carbocycles. The third-order valence-electron chi connectivity index (χ3n) is 2.44. The molecule has 7 heteroatoms. The predicted molar refractivity (Wildman–Crippen MR) is 60.6 cm³/mol. The molecule has 0 aliphatic rings. The topological polar surface area (TPSA) is 83.7 Å². The van der Waals surface area contributed by atoms with Gasteiger partial charge in [-0.1, -0.05) is 22.8 Å². The molecule has 0 saturated heterocycles. The van der Waals surface area contributed by atoms with E-state index >= 15 is 0 Å². The molecule has 0 bridgehead atoms. The van der Waals surface area contributed by atoms with Crippen LogP contribution in [0.4, 0.5) is 0 Å². The van der Waals surface area contributed by atoms with E-state index in [2.05, 4.69) is 15.5 Å². The van der Waals surface area contributed by atoms with Crippen LogP contribution in [0.5, 0.6) is 0 Å². The minimum Gasteiger partial charge on any atom is -0.766 e. The molecule has 0 radical (unpaired) electrons. The van der Waals surface area contributed by atoms with Gasteiger partial charge in [0.05, 0.1) is 5.69 Å². The standard InChI is InChI=1S/C10H12N4O2S/c1-6-4-7(2)9(8(3)5-6)14-10(17(15)16)11-12-13-14/h4-5H,1-3H3,(H,15,16)/p-1. The van der Waals surface area contributed by atoms with E-state index in [0.717, 1.165) is 16.7 Å². The molecule has 1 aromatic heterocycles. The predicted octanol–water partition coefficient (Wildman–Crippen LogP) is 0.826. The van der Waals surface area contributed by atoms with E-state index in [4.69, 9.17) is 0 Å². The van der Waals surface area contributed by atoms with Gasteiger partial charge >= 0.3 is 0 Å². The maximum atomic E-state index is 11.0. The van der Waals surface area contributed by atoms with Crippen LogP contribution in [-0.4, -0.2) is 29.0 Å². The van der Waals surface area contributed by atoms with Crippen molar-refractivity contribution in [3.63, 3.8) is 0 Å². The molecular weight excluding hydrogens is 240 g/mol. The van der Waals surface area contributed by atoms with Gasteiger partial charge in [-0.15, -0.1) is 0 Å². The monoisotopic (exact) mass is 251 g/mol. The fraction of sp³-hybridized carbons (Fsp3) is 0.300. The van der Waals surface area contributed by atoms with Gasteiger partial charge in [0, 0.05) is 11.1 Å². The normalized spacial score (nSPS) is 12.7. The number of aromatic nitrogens is 4. The lowest BCUT2D eigenvalue weighted by Gasteiger charge is -2.12. The number of tetrazole rings is 1. The zero-order valence-corrected chi connectivity index (χ0v) is 10.5. The van der Waals surface area contributed by atoms with Crippen LogP contribution < -0.4 is 0 Å². The maximum absolute atomic E-state index is 11.0. The van der Waals surface area contributed by atoms with E-state index in [-0.39, 0.29) is 5.16 Å². The zero-order valence-electron chi connectivity index (χ0n) is 9.67. The van der Waals surface area contributed by atoms with Crippen molar-refractivity contribution in [2.75, 3.05) is 0 Å². The summed E-state index contributed by atoms with van der Waals surface area (Å²) in [5, 5.41) is 10.4. The summed E-state index contributed by atoms with van der Waals surface area (Å²) in [7, 11) is 0. The summed E-state index contributed by atoms with van der Waals surface area (Å²) < 4.78 is 23.2. The summed E-state index contributed by atoms with van der Waals surface area (Å²) in [6, 6.07) is 3.92. The molecule has 0 saturated carbocycles. The van der Waals surface area contributed by atoms with Gasteiger partial charge in [0.25, 0.3) is 0 Å². The van der Waals surface area contributed by atoms with E-state index in [9.17, 15) is 8.76 Å². The first-order valence-corrected chi connectivity index (χ1v) is 6.04. The molecule has 1 unspecified atom stereocenters. The highest BCUT2D eigenvalue weighted by Gasteiger charge is 2.13. The highest BCUT2D eigenvalue weighted by atomic mass is 32.2. The van der Waals surface area contributed by atoms with Gasteiger partial charge < -0.3 is 4.55 Å². The van der Waals surface area contributed by atoms with Crippen LogP contribution in [-0.2, 0) is 11.1 Å². The van der Waals surface area contributed by atoms with Gasteiger partial charge in [0.1, 0.15) is 0 Å². The van der Waals surface area contributed by atoms with Crippen LogP contribution in [0.2, 0.25) is 0 Å². The van der Waals surface area contributed by atoms with Crippen LogP contribution in [0.1, 0.15) is 16.7 Å². The van der Waals surface area contributed by atoms with Crippen molar-refractivity contribution in [1.29, 1.82) is 0 Å². The van der Waals surface area contributed by atoms with Crippen molar-refractivity contribution in [1.82, 2.24) is 20.2 Å². The lowest BCUT2D eigenvalue weighted by atomic mass is 10.1. The lowest BCUT2D eigenvalue weighted by Crippen LogP contribution is -2.08. The van der Waals surface area contributed by atoms with Gasteiger partial charge in [-0.25, -0.2) is 0 Å². The Kier molecular flexibility index (Phi) is 3.03. The summed E-state index contributed by atoms with van der Waals surface area (Å²) in [6.07, 6.45) is 0. The van der Waals surface area contributed by atoms with Gasteiger partial charge in [0.15, 0.2) is 0 Å². The van der Waals surface area contributed by atoms with E-state index in [1.54, 1.807) is 0 Å². The summed E-state index contributed by atoms with van der Waals surface area (Å²) in [6.45, 7) is 5.78. The minimum absolute atomic E-state index is 0.181. The SMILES string of the molecule is Cc1cc(C)c(-n2nnnc2S(=O)[O-])c(C)c1. The van der Waals surface area contributed by atoms with Crippen molar-refractivity contribution < 1.29 is 8.76 Å². The molecule has 0 fully saturated rings. The second-order valence-corrected chi connectivity index (χ2v) is 4.69. The van der Waals surface area contributed by atoms with Gasteiger partial charge in [-0.3, -0.25) is 4.21 Å².